The third-order valence-corrected chi connectivity index (χ3v) is 4.00. The van der Waals surface area contributed by atoms with Crippen molar-refractivity contribution < 1.29 is 10.2 Å². The van der Waals surface area contributed by atoms with Gasteiger partial charge in [0.25, 0.3) is 0 Å². The summed E-state index contributed by atoms with van der Waals surface area (Å²) in [5.41, 5.74) is 2.21. The zero-order valence-electron chi connectivity index (χ0n) is 9.94. The maximum Gasteiger partial charge on any atom is 0.135 e. The van der Waals surface area contributed by atoms with Gasteiger partial charge in [0.05, 0.1) is 3.57 Å². The molecule has 0 unspecified atom stereocenters. The zero-order valence-corrected chi connectivity index (χ0v) is 12.1. The number of aryl methyl sites for hydroxylation is 2. The topological polar surface area (TPSA) is 40.5 Å². The molecule has 0 aliphatic rings. The predicted octanol–water partition coefficient (Wildman–Crippen LogP) is 3.88. The lowest BCUT2D eigenvalue weighted by Crippen LogP contribution is -1.92. The van der Waals surface area contributed by atoms with Crippen LogP contribution < -0.4 is 0 Å². The van der Waals surface area contributed by atoms with Gasteiger partial charge in [-0.1, -0.05) is 36.4 Å². The summed E-state index contributed by atoms with van der Waals surface area (Å²) in [7, 11) is 0. The Bertz CT molecular complexity index is 524. The number of benzene rings is 2. The molecule has 2 N–H and O–H groups in total. The monoisotopic (exact) mass is 354 g/mol. The van der Waals surface area contributed by atoms with E-state index in [-0.39, 0.29) is 11.5 Å². The van der Waals surface area contributed by atoms with Crippen molar-refractivity contribution >= 4 is 22.6 Å². The van der Waals surface area contributed by atoms with Crippen LogP contribution in [0.15, 0.2) is 42.5 Å². The van der Waals surface area contributed by atoms with E-state index in [1.807, 2.05) is 40.8 Å². The van der Waals surface area contributed by atoms with Crippen molar-refractivity contribution in [1.29, 1.82) is 0 Å². The van der Waals surface area contributed by atoms with Gasteiger partial charge in [-0.2, -0.15) is 0 Å². The average Bonchev–Trinajstić information content (AvgIpc) is 2.40. The van der Waals surface area contributed by atoms with Crippen molar-refractivity contribution in [2.75, 3.05) is 0 Å². The molecule has 0 bridgehead atoms. The largest absolute Gasteiger partial charge is 0.507 e. The van der Waals surface area contributed by atoms with Crippen LogP contribution in [0.25, 0.3) is 0 Å². The molecular formula is C15H15IO2. The lowest BCUT2D eigenvalue weighted by molar-refractivity contribution is 0.438. The van der Waals surface area contributed by atoms with Crippen LogP contribution in [-0.2, 0) is 12.8 Å². The Hall–Kier alpha value is -1.23. The SMILES string of the molecule is Oc1ccc(CCCc2ccccc2)c(O)c1I. The molecule has 0 radical (unpaired) electrons. The summed E-state index contributed by atoms with van der Waals surface area (Å²) in [6.45, 7) is 0. The molecule has 0 amide bonds. The Morgan fingerprint density at radius 1 is 0.889 bits per heavy atom. The molecule has 0 aliphatic carbocycles. The van der Waals surface area contributed by atoms with Gasteiger partial charge in [-0.15, -0.1) is 0 Å². The van der Waals surface area contributed by atoms with Crippen LogP contribution >= 0.6 is 22.6 Å². The Morgan fingerprint density at radius 3 is 2.33 bits per heavy atom. The van der Waals surface area contributed by atoms with Gasteiger partial charge in [-0.25, -0.2) is 0 Å². The summed E-state index contributed by atoms with van der Waals surface area (Å²) in [4.78, 5) is 0. The average molecular weight is 354 g/mol. The molecule has 2 aromatic rings. The van der Waals surface area contributed by atoms with E-state index >= 15 is 0 Å². The molecule has 2 aromatic carbocycles. The van der Waals surface area contributed by atoms with Gasteiger partial charge in [0.2, 0.25) is 0 Å². The minimum atomic E-state index is 0.139. The van der Waals surface area contributed by atoms with Crippen molar-refractivity contribution in [2.24, 2.45) is 0 Å². The van der Waals surface area contributed by atoms with E-state index in [0.29, 0.717) is 3.57 Å². The fraction of sp³-hybridized carbons (Fsp3) is 0.200. The molecule has 0 aliphatic heterocycles. The van der Waals surface area contributed by atoms with Gasteiger partial charge in [-0.3, -0.25) is 0 Å². The first kappa shape index (κ1) is 13.2. The van der Waals surface area contributed by atoms with Crippen molar-refractivity contribution in [1.82, 2.24) is 0 Å². The number of hydrogen-bond donors (Lipinski definition) is 2. The highest BCUT2D eigenvalue weighted by atomic mass is 127. The highest BCUT2D eigenvalue weighted by Gasteiger charge is 2.09. The summed E-state index contributed by atoms with van der Waals surface area (Å²) in [6, 6.07) is 13.7. The summed E-state index contributed by atoms with van der Waals surface area (Å²) < 4.78 is 0.532. The third-order valence-electron chi connectivity index (χ3n) is 2.93. The van der Waals surface area contributed by atoms with Crippen molar-refractivity contribution in [3.63, 3.8) is 0 Å². The number of phenolic OH excluding ortho intramolecular Hbond substituents is 2. The number of rotatable bonds is 4. The second-order valence-corrected chi connectivity index (χ2v) is 5.32. The number of halogens is 1. The molecule has 0 saturated carbocycles. The lowest BCUT2D eigenvalue weighted by atomic mass is 10.0. The molecule has 0 heterocycles. The van der Waals surface area contributed by atoms with E-state index < -0.39 is 0 Å². The van der Waals surface area contributed by atoms with E-state index in [2.05, 4.69) is 12.1 Å². The van der Waals surface area contributed by atoms with Crippen LogP contribution in [0.2, 0.25) is 0 Å². The maximum atomic E-state index is 9.91. The van der Waals surface area contributed by atoms with Gasteiger partial charge in [0.15, 0.2) is 0 Å². The van der Waals surface area contributed by atoms with Gasteiger partial charge < -0.3 is 10.2 Å². The standard InChI is InChI=1S/C15H15IO2/c16-14-13(17)10-9-12(15(14)18)8-4-7-11-5-2-1-3-6-11/h1-3,5-6,9-10,17-18H,4,7-8H2. The van der Waals surface area contributed by atoms with E-state index in [9.17, 15) is 10.2 Å². The van der Waals surface area contributed by atoms with Gasteiger partial charge in [-0.05, 0) is 59.0 Å². The van der Waals surface area contributed by atoms with Crippen molar-refractivity contribution in [2.45, 2.75) is 19.3 Å². The smallest absolute Gasteiger partial charge is 0.135 e. The quantitative estimate of drug-likeness (QED) is 0.819. The van der Waals surface area contributed by atoms with Crippen LogP contribution in [0.1, 0.15) is 17.5 Å². The Labute approximate surface area is 120 Å². The molecule has 2 nitrogen and oxygen atoms in total. The van der Waals surface area contributed by atoms with Crippen LogP contribution in [0.3, 0.4) is 0 Å². The molecule has 94 valence electrons. The second-order valence-electron chi connectivity index (χ2n) is 4.25. The van der Waals surface area contributed by atoms with Crippen LogP contribution in [0.5, 0.6) is 11.5 Å². The first-order valence-corrected chi connectivity index (χ1v) is 6.99. The van der Waals surface area contributed by atoms with E-state index in [0.717, 1.165) is 24.8 Å². The minimum absolute atomic E-state index is 0.139. The van der Waals surface area contributed by atoms with Crippen LogP contribution in [0, 0.1) is 3.57 Å². The van der Waals surface area contributed by atoms with Gasteiger partial charge in [0.1, 0.15) is 11.5 Å². The first-order valence-electron chi connectivity index (χ1n) is 5.91. The molecular weight excluding hydrogens is 339 g/mol. The number of aromatic hydroxyl groups is 2. The second kappa shape index (κ2) is 6.09. The number of phenols is 2. The molecule has 0 fully saturated rings. The highest BCUT2D eigenvalue weighted by molar-refractivity contribution is 14.1. The Kier molecular flexibility index (Phi) is 4.47. The third kappa shape index (κ3) is 3.16. The molecule has 0 aromatic heterocycles. The Balaban J connectivity index is 1.97. The molecule has 0 spiro atoms. The summed E-state index contributed by atoms with van der Waals surface area (Å²) in [5, 5.41) is 19.4. The molecule has 3 heteroatoms. The Morgan fingerprint density at radius 2 is 1.61 bits per heavy atom. The van der Waals surface area contributed by atoms with E-state index in [4.69, 9.17) is 0 Å². The lowest BCUT2D eigenvalue weighted by Gasteiger charge is -2.07. The molecule has 0 saturated heterocycles. The fourth-order valence-corrected chi connectivity index (χ4v) is 2.45. The maximum absolute atomic E-state index is 9.91. The molecule has 18 heavy (non-hydrogen) atoms. The predicted molar refractivity (Wildman–Crippen MR) is 81.0 cm³/mol. The number of hydrogen-bond acceptors (Lipinski definition) is 2. The van der Waals surface area contributed by atoms with E-state index in [1.165, 1.54) is 5.56 Å². The first-order chi connectivity index (χ1) is 8.68. The van der Waals surface area contributed by atoms with Crippen molar-refractivity contribution in [3.05, 3.63) is 57.2 Å². The van der Waals surface area contributed by atoms with Gasteiger partial charge in [0, 0.05) is 0 Å². The van der Waals surface area contributed by atoms with Crippen LogP contribution in [0.4, 0.5) is 0 Å². The van der Waals surface area contributed by atoms with E-state index in [1.54, 1.807) is 12.1 Å². The summed E-state index contributed by atoms with van der Waals surface area (Å²) in [6.07, 6.45) is 2.80. The van der Waals surface area contributed by atoms with Crippen LogP contribution in [-0.4, -0.2) is 10.2 Å². The zero-order chi connectivity index (χ0) is 13.0. The summed E-state index contributed by atoms with van der Waals surface area (Å²) in [5.74, 6) is 0.351. The molecule has 2 rings (SSSR count). The highest BCUT2D eigenvalue weighted by Crippen LogP contribution is 2.32. The van der Waals surface area contributed by atoms with Gasteiger partial charge >= 0.3 is 0 Å². The minimum Gasteiger partial charge on any atom is -0.507 e. The summed E-state index contributed by atoms with van der Waals surface area (Å²) >= 11 is 1.96. The normalized spacial score (nSPS) is 10.5. The fourth-order valence-electron chi connectivity index (χ4n) is 1.92. The van der Waals surface area contributed by atoms with Crippen molar-refractivity contribution in [3.8, 4) is 11.5 Å². The molecule has 0 atom stereocenters.